The predicted octanol–water partition coefficient (Wildman–Crippen LogP) is 1.26. The van der Waals surface area contributed by atoms with Gasteiger partial charge in [0.05, 0.1) is 18.5 Å². The van der Waals surface area contributed by atoms with E-state index in [1.54, 1.807) is 31.2 Å². The molecule has 0 unspecified atom stereocenters. The Labute approximate surface area is 165 Å². The van der Waals surface area contributed by atoms with E-state index in [0.29, 0.717) is 17.0 Å². The molecule has 3 rings (SSSR count). The van der Waals surface area contributed by atoms with Gasteiger partial charge in [-0.25, -0.2) is 13.1 Å². The zero-order valence-electron chi connectivity index (χ0n) is 16.1. The highest BCUT2D eigenvalue weighted by atomic mass is 32.2. The number of sulfonamides is 1. The minimum atomic E-state index is -3.72. The fourth-order valence-corrected chi connectivity index (χ4v) is 4.42. The maximum absolute atomic E-state index is 12.8. The molecule has 1 aromatic heterocycles. The van der Waals surface area contributed by atoms with Crippen LogP contribution in [-0.4, -0.2) is 59.0 Å². The summed E-state index contributed by atoms with van der Waals surface area (Å²) in [5.41, 5.74) is 0.914. The summed E-state index contributed by atoms with van der Waals surface area (Å²) < 4.78 is 33.3. The maximum atomic E-state index is 12.8. The fourth-order valence-electron chi connectivity index (χ4n) is 3.13. The number of likely N-dealkylation sites (N-methyl/N-ethyl adjacent to an activating group) is 1. The molecule has 0 bridgehead atoms. The molecule has 8 nitrogen and oxygen atoms in total. The number of benzene rings is 1. The molecule has 1 amide bonds. The Morgan fingerprint density at radius 3 is 2.57 bits per heavy atom. The van der Waals surface area contributed by atoms with Crippen LogP contribution in [0.2, 0.25) is 0 Å². The van der Waals surface area contributed by atoms with Crippen molar-refractivity contribution in [2.45, 2.75) is 18.4 Å². The first-order valence-electron chi connectivity index (χ1n) is 9.28. The van der Waals surface area contributed by atoms with Gasteiger partial charge in [-0.1, -0.05) is 6.92 Å². The van der Waals surface area contributed by atoms with E-state index in [4.69, 9.17) is 4.42 Å². The number of carbonyl (C=O) groups excluding carboxylic acids is 1. The first-order valence-corrected chi connectivity index (χ1v) is 10.8. The third-order valence-electron chi connectivity index (χ3n) is 4.69. The lowest BCUT2D eigenvalue weighted by atomic mass is 10.1. The zero-order chi connectivity index (χ0) is 20.1. The van der Waals surface area contributed by atoms with Crippen molar-refractivity contribution in [3.63, 3.8) is 0 Å². The topological polar surface area (TPSA) is 94.9 Å². The molecule has 152 valence electrons. The molecule has 1 aliphatic rings. The van der Waals surface area contributed by atoms with Gasteiger partial charge in [-0.2, -0.15) is 0 Å². The molecule has 0 saturated carbocycles. The summed E-state index contributed by atoms with van der Waals surface area (Å²) in [7, 11) is -1.68. The van der Waals surface area contributed by atoms with Crippen molar-refractivity contribution in [3.8, 4) is 0 Å². The monoisotopic (exact) mass is 406 g/mol. The van der Waals surface area contributed by atoms with Crippen LogP contribution in [0.5, 0.6) is 0 Å². The number of nitrogens with zero attached hydrogens (tertiary/aromatic N) is 2. The molecule has 28 heavy (non-hydrogen) atoms. The third kappa shape index (κ3) is 4.73. The van der Waals surface area contributed by atoms with Crippen LogP contribution in [0.25, 0.3) is 0 Å². The number of amides is 1. The maximum Gasteiger partial charge on any atom is 0.251 e. The van der Waals surface area contributed by atoms with Gasteiger partial charge >= 0.3 is 0 Å². The van der Waals surface area contributed by atoms with Crippen molar-refractivity contribution < 1.29 is 17.6 Å². The summed E-state index contributed by atoms with van der Waals surface area (Å²) in [6.45, 7) is 5.41. The summed E-state index contributed by atoms with van der Waals surface area (Å²) in [6.07, 6.45) is 1.54. The van der Waals surface area contributed by atoms with E-state index in [-0.39, 0.29) is 23.9 Å². The van der Waals surface area contributed by atoms with E-state index in [2.05, 4.69) is 19.8 Å². The number of carbonyl (C=O) groups is 1. The van der Waals surface area contributed by atoms with E-state index in [9.17, 15) is 13.2 Å². The number of nitrogens with one attached hydrogen (secondary N) is 2. The number of hydrogen-bond donors (Lipinski definition) is 2. The average Bonchev–Trinajstić information content (AvgIpc) is 3.20. The Morgan fingerprint density at radius 2 is 1.93 bits per heavy atom. The minimum Gasteiger partial charge on any atom is -0.467 e. The van der Waals surface area contributed by atoms with Crippen molar-refractivity contribution in [1.29, 1.82) is 0 Å². The van der Waals surface area contributed by atoms with Gasteiger partial charge in [0, 0.05) is 38.3 Å². The second kappa shape index (κ2) is 8.76. The largest absolute Gasteiger partial charge is 0.467 e. The highest BCUT2D eigenvalue weighted by Crippen LogP contribution is 2.27. The van der Waals surface area contributed by atoms with Crippen molar-refractivity contribution in [2.75, 3.05) is 44.7 Å². The Kier molecular flexibility index (Phi) is 6.38. The van der Waals surface area contributed by atoms with Crippen molar-refractivity contribution >= 4 is 21.6 Å². The molecule has 0 aliphatic carbocycles. The minimum absolute atomic E-state index is 0.129. The molecule has 9 heteroatoms. The van der Waals surface area contributed by atoms with E-state index in [1.165, 1.54) is 12.3 Å². The van der Waals surface area contributed by atoms with Gasteiger partial charge in [0.1, 0.15) is 10.7 Å². The highest BCUT2D eigenvalue weighted by molar-refractivity contribution is 7.89. The van der Waals surface area contributed by atoms with E-state index in [0.717, 1.165) is 26.2 Å². The molecule has 2 heterocycles. The fraction of sp³-hybridized carbons (Fsp3) is 0.421. The molecular formula is C19H26N4O4S. The standard InChI is InChI=1S/C19H26N4O4S/c1-3-21-28(25,26)18-13-15(19(24)20-14-16-5-4-12-27-16)6-7-17(18)23-10-8-22(2)9-11-23/h4-7,12-13,21H,3,8-11,14H2,1-2H3,(H,20,24). The normalized spacial score (nSPS) is 15.6. The molecule has 1 aliphatic heterocycles. The van der Waals surface area contributed by atoms with Crippen molar-refractivity contribution in [1.82, 2.24) is 14.9 Å². The van der Waals surface area contributed by atoms with Crippen LogP contribution in [0.1, 0.15) is 23.0 Å². The molecule has 1 fully saturated rings. The van der Waals surface area contributed by atoms with Crippen LogP contribution in [0, 0.1) is 0 Å². The molecular weight excluding hydrogens is 380 g/mol. The van der Waals surface area contributed by atoms with Crippen LogP contribution >= 0.6 is 0 Å². The Bertz CT molecular complexity index is 904. The van der Waals surface area contributed by atoms with Gasteiger partial charge in [-0.05, 0) is 37.4 Å². The van der Waals surface area contributed by atoms with Crippen LogP contribution in [-0.2, 0) is 16.6 Å². The lowest BCUT2D eigenvalue weighted by Crippen LogP contribution is -2.45. The van der Waals surface area contributed by atoms with Gasteiger partial charge in [0.25, 0.3) is 5.91 Å². The van der Waals surface area contributed by atoms with Crippen molar-refractivity contribution in [2.24, 2.45) is 0 Å². The van der Waals surface area contributed by atoms with Crippen LogP contribution in [0.15, 0.2) is 45.9 Å². The summed E-state index contributed by atoms with van der Waals surface area (Å²) in [5.74, 6) is 0.275. The third-order valence-corrected chi connectivity index (χ3v) is 6.27. The average molecular weight is 407 g/mol. The molecule has 0 spiro atoms. The first kappa shape index (κ1) is 20.4. The summed E-state index contributed by atoms with van der Waals surface area (Å²) >= 11 is 0. The Balaban J connectivity index is 1.87. The predicted molar refractivity (Wildman–Crippen MR) is 107 cm³/mol. The Hall–Kier alpha value is -2.36. The van der Waals surface area contributed by atoms with Gasteiger partial charge in [0.2, 0.25) is 10.0 Å². The van der Waals surface area contributed by atoms with Gasteiger partial charge in [0.15, 0.2) is 0 Å². The van der Waals surface area contributed by atoms with Gasteiger partial charge < -0.3 is 19.5 Å². The van der Waals surface area contributed by atoms with Gasteiger partial charge in [-0.15, -0.1) is 0 Å². The van der Waals surface area contributed by atoms with Crippen LogP contribution in [0.4, 0.5) is 5.69 Å². The van der Waals surface area contributed by atoms with Gasteiger partial charge in [-0.3, -0.25) is 4.79 Å². The van der Waals surface area contributed by atoms with E-state index in [1.807, 2.05) is 7.05 Å². The number of piperazine rings is 1. The zero-order valence-corrected chi connectivity index (χ0v) is 17.0. The highest BCUT2D eigenvalue weighted by Gasteiger charge is 2.25. The van der Waals surface area contributed by atoms with E-state index < -0.39 is 10.0 Å². The van der Waals surface area contributed by atoms with Crippen LogP contribution < -0.4 is 14.9 Å². The summed E-state index contributed by atoms with van der Waals surface area (Å²) in [6, 6.07) is 8.34. The molecule has 0 atom stereocenters. The molecule has 1 aromatic carbocycles. The SMILES string of the molecule is CCNS(=O)(=O)c1cc(C(=O)NCc2ccco2)ccc1N1CCN(C)CC1. The number of rotatable bonds is 7. The second-order valence-electron chi connectivity index (χ2n) is 6.74. The van der Waals surface area contributed by atoms with E-state index >= 15 is 0 Å². The quantitative estimate of drug-likeness (QED) is 0.719. The number of furan rings is 1. The molecule has 1 saturated heterocycles. The van der Waals surface area contributed by atoms with Crippen molar-refractivity contribution in [3.05, 3.63) is 47.9 Å². The molecule has 2 aromatic rings. The lowest BCUT2D eigenvalue weighted by Gasteiger charge is -2.35. The number of anilines is 1. The molecule has 0 radical (unpaired) electrons. The smallest absolute Gasteiger partial charge is 0.251 e. The molecule has 2 N–H and O–H groups in total. The summed E-state index contributed by atoms with van der Waals surface area (Å²) in [5, 5.41) is 2.75. The Morgan fingerprint density at radius 1 is 1.18 bits per heavy atom. The summed E-state index contributed by atoms with van der Waals surface area (Å²) in [4.78, 5) is 16.9. The lowest BCUT2D eigenvalue weighted by molar-refractivity contribution is 0.0948. The van der Waals surface area contributed by atoms with Crippen LogP contribution in [0.3, 0.4) is 0 Å². The number of hydrogen-bond acceptors (Lipinski definition) is 6. The second-order valence-corrected chi connectivity index (χ2v) is 8.47. The first-order chi connectivity index (χ1) is 13.4.